The average molecular weight is 274 g/mol. The van der Waals surface area contributed by atoms with E-state index in [1.807, 2.05) is 13.0 Å². The minimum atomic E-state index is -0.841. The van der Waals surface area contributed by atoms with Gasteiger partial charge in [0.15, 0.2) is 5.16 Å². The molecular weight excluding hydrogens is 264 g/mol. The molecule has 0 unspecified atom stereocenters. The summed E-state index contributed by atoms with van der Waals surface area (Å²) in [5.41, 5.74) is -0.128. The first kappa shape index (κ1) is 13.1. The number of nitriles is 1. The molecule has 0 radical (unpaired) electrons. The zero-order chi connectivity index (χ0) is 14.0. The lowest BCUT2D eigenvalue weighted by molar-refractivity contribution is 0.596. The predicted molar refractivity (Wildman–Crippen MR) is 70.1 cm³/mol. The van der Waals surface area contributed by atoms with E-state index in [4.69, 9.17) is 5.26 Å². The van der Waals surface area contributed by atoms with Gasteiger partial charge in [-0.1, -0.05) is 6.07 Å². The lowest BCUT2D eigenvalue weighted by atomic mass is 10.2. The fourth-order valence-electron chi connectivity index (χ4n) is 1.47. The summed E-state index contributed by atoms with van der Waals surface area (Å²) in [6.45, 7) is 1.89. The lowest BCUT2D eigenvalue weighted by Crippen LogP contribution is -2.33. The molecule has 1 heterocycles. The SMILES string of the molecule is Cc1ccc(Sc2nc(=O)c(=O)[nH]n2C)c(C#N)c1. The normalized spacial score (nSPS) is 10.2. The van der Waals surface area contributed by atoms with Gasteiger partial charge in [-0.25, -0.2) is 0 Å². The molecule has 7 heteroatoms. The minimum absolute atomic E-state index is 0.324. The van der Waals surface area contributed by atoms with Crippen LogP contribution < -0.4 is 11.1 Å². The molecule has 1 N–H and O–H groups in total. The summed E-state index contributed by atoms with van der Waals surface area (Å²) in [7, 11) is 1.58. The van der Waals surface area contributed by atoms with Crippen LogP contribution in [0.5, 0.6) is 0 Å². The highest BCUT2D eigenvalue weighted by molar-refractivity contribution is 7.99. The van der Waals surface area contributed by atoms with Crippen molar-refractivity contribution in [2.75, 3.05) is 0 Å². The molecule has 1 aromatic carbocycles. The number of aromatic amines is 1. The number of hydrogen-bond donors (Lipinski definition) is 1. The van der Waals surface area contributed by atoms with E-state index in [9.17, 15) is 9.59 Å². The Morgan fingerprint density at radius 3 is 2.84 bits per heavy atom. The molecule has 6 nitrogen and oxygen atoms in total. The van der Waals surface area contributed by atoms with Gasteiger partial charge in [0.1, 0.15) is 6.07 Å². The van der Waals surface area contributed by atoms with Crippen molar-refractivity contribution in [3.8, 4) is 6.07 Å². The second-order valence-corrected chi connectivity index (χ2v) is 4.92. The fraction of sp³-hybridized carbons (Fsp3) is 0.167. The molecule has 19 heavy (non-hydrogen) atoms. The molecule has 2 aromatic rings. The van der Waals surface area contributed by atoms with E-state index in [1.54, 1.807) is 19.2 Å². The summed E-state index contributed by atoms with van der Waals surface area (Å²) in [6, 6.07) is 7.51. The smallest absolute Gasteiger partial charge is 0.265 e. The van der Waals surface area contributed by atoms with Gasteiger partial charge in [-0.15, -0.1) is 0 Å². The first-order valence-electron chi connectivity index (χ1n) is 5.37. The van der Waals surface area contributed by atoms with E-state index < -0.39 is 11.1 Å². The highest BCUT2D eigenvalue weighted by Crippen LogP contribution is 2.28. The molecule has 96 valence electrons. The molecule has 0 aliphatic carbocycles. The monoisotopic (exact) mass is 274 g/mol. The Hall–Kier alpha value is -2.33. The molecular formula is C12H10N4O2S. The van der Waals surface area contributed by atoms with Crippen LogP contribution in [0.15, 0.2) is 37.8 Å². The van der Waals surface area contributed by atoms with Crippen molar-refractivity contribution in [3.63, 3.8) is 0 Å². The number of nitrogens with one attached hydrogen (secondary N) is 1. The van der Waals surface area contributed by atoms with Crippen LogP contribution in [0.4, 0.5) is 0 Å². The Kier molecular flexibility index (Phi) is 3.53. The first-order chi connectivity index (χ1) is 9.01. The summed E-state index contributed by atoms with van der Waals surface area (Å²) in [5, 5.41) is 11.8. The van der Waals surface area contributed by atoms with Crippen molar-refractivity contribution in [2.45, 2.75) is 17.0 Å². The number of H-pyrrole nitrogens is 1. The molecule has 0 bridgehead atoms. The highest BCUT2D eigenvalue weighted by atomic mass is 32.2. The molecule has 0 spiro atoms. The van der Waals surface area contributed by atoms with Gasteiger partial charge in [-0.3, -0.25) is 19.4 Å². The molecule has 0 aliphatic heterocycles. The van der Waals surface area contributed by atoms with Gasteiger partial charge in [-0.05, 0) is 36.4 Å². The number of aryl methyl sites for hydroxylation is 2. The highest BCUT2D eigenvalue weighted by Gasteiger charge is 2.09. The summed E-state index contributed by atoms with van der Waals surface area (Å²) < 4.78 is 1.36. The maximum Gasteiger partial charge on any atom is 0.339 e. The number of nitrogens with zero attached hydrogens (tertiary/aromatic N) is 3. The van der Waals surface area contributed by atoms with Crippen LogP contribution >= 0.6 is 11.8 Å². The first-order valence-corrected chi connectivity index (χ1v) is 6.19. The molecule has 0 atom stereocenters. The molecule has 1 aromatic heterocycles. The third-order valence-corrected chi connectivity index (χ3v) is 3.53. The van der Waals surface area contributed by atoms with E-state index in [2.05, 4.69) is 16.2 Å². The van der Waals surface area contributed by atoms with Gasteiger partial charge in [-0.2, -0.15) is 10.2 Å². The van der Waals surface area contributed by atoms with Gasteiger partial charge in [0.2, 0.25) is 0 Å². The van der Waals surface area contributed by atoms with Crippen LogP contribution in [0.3, 0.4) is 0 Å². The predicted octanol–water partition coefficient (Wildman–Crippen LogP) is 0.800. The van der Waals surface area contributed by atoms with Crippen LogP contribution in [0.25, 0.3) is 0 Å². The largest absolute Gasteiger partial charge is 0.339 e. The van der Waals surface area contributed by atoms with Crippen LogP contribution in [0.1, 0.15) is 11.1 Å². The number of hydrogen-bond acceptors (Lipinski definition) is 5. The van der Waals surface area contributed by atoms with Crippen molar-refractivity contribution in [1.82, 2.24) is 14.8 Å². The Labute approximate surface area is 112 Å². The Bertz CT molecular complexity index is 786. The van der Waals surface area contributed by atoms with E-state index in [0.29, 0.717) is 15.6 Å². The Morgan fingerprint density at radius 2 is 2.16 bits per heavy atom. The third kappa shape index (κ3) is 2.74. The third-order valence-electron chi connectivity index (χ3n) is 2.40. The van der Waals surface area contributed by atoms with Gasteiger partial charge < -0.3 is 0 Å². The zero-order valence-electron chi connectivity index (χ0n) is 10.3. The molecule has 0 amide bonds. The van der Waals surface area contributed by atoms with Crippen molar-refractivity contribution < 1.29 is 0 Å². The number of rotatable bonds is 2. The van der Waals surface area contributed by atoms with Crippen LogP contribution in [-0.2, 0) is 7.05 Å². The summed E-state index contributed by atoms with van der Waals surface area (Å²) >= 11 is 1.16. The van der Waals surface area contributed by atoms with Crippen LogP contribution in [0.2, 0.25) is 0 Å². The maximum absolute atomic E-state index is 11.2. The van der Waals surface area contributed by atoms with Gasteiger partial charge in [0, 0.05) is 11.9 Å². The van der Waals surface area contributed by atoms with E-state index in [0.717, 1.165) is 17.3 Å². The second kappa shape index (κ2) is 5.12. The number of benzene rings is 1. The molecule has 0 fully saturated rings. The fourth-order valence-corrected chi connectivity index (χ4v) is 2.33. The molecule has 0 saturated carbocycles. The van der Waals surface area contributed by atoms with Gasteiger partial charge in [0.25, 0.3) is 0 Å². The molecule has 2 rings (SSSR count). The maximum atomic E-state index is 11.2. The number of aromatic nitrogens is 3. The Morgan fingerprint density at radius 1 is 1.42 bits per heavy atom. The van der Waals surface area contributed by atoms with E-state index >= 15 is 0 Å². The lowest BCUT2D eigenvalue weighted by Gasteiger charge is -2.07. The summed E-state index contributed by atoms with van der Waals surface area (Å²) in [4.78, 5) is 26.7. The Balaban J connectivity index is 2.48. The van der Waals surface area contributed by atoms with Crippen molar-refractivity contribution in [2.24, 2.45) is 7.05 Å². The molecule has 0 aliphatic rings. The van der Waals surface area contributed by atoms with Crippen LogP contribution in [0, 0.1) is 18.3 Å². The second-order valence-electron chi connectivity index (χ2n) is 3.91. The standard InChI is InChI=1S/C12H10N4O2S/c1-7-3-4-9(8(5-7)6-13)19-12-14-10(17)11(18)15-16(12)2/h3-5H,1-2H3,(H,15,18). The molecule has 0 saturated heterocycles. The van der Waals surface area contributed by atoms with Crippen LogP contribution in [-0.4, -0.2) is 14.8 Å². The van der Waals surface area contributed by atoms with Crippen molar-refractivity contribution in [1.29, 1.82) is 5.26 Å². The minimum Gasteiger partial charge on any atom is -0.265 e. The summed E-state index contributed by atoms with van der Waals surface area (Å²) in [6.07, 6.45) is 0. The summed E-state index contributed by atoms with van der Waals surface area (Å²) in [5.74, 6) is 0. The van der Waals surface area contributed by atoms with Gasteiger partial charge in [0.05, 0.1) is 5.56 Å². The van der Waals surface area contributed by atoms with Gasteiger partial charge >= 0.3 is 11.1 Å². The average Bonchev–Trinajstić information content (AvgIpc) is 2.37. The van der Waals surface area contributed by atoms with E-state index in [1.165, 1.54) is 4.68 Å². The van der Waals surface area contributed by atoms with Crippen molar-refractivity contribution >= 4 is 11.8 Å². The topological polar surface area (TPSA) is 91.5 Å². The zero-order valence-corrected chi connectivity index (χ0v) is 11.1. The quantitative estimate of drug-likeness (QED) is 0.818. The van der Waals surface area contributed by atoms with Crippen molar-refractivity contribution in [3.05, 3.63) is 50.0 Å². The van der Waals surface area contributed by atoms with E-state index in [-0.39, 0.29) is 0 Å².